The number of carbonyl (C=O) groups excluding carboxylic acids is 1. The highest BCUT2D eigenvalue weighted by Crippen LogP contribution is 2.44. The van der Waals surface area contributed by atoms with Crippen LogP contribution in [-0.4, -0.2) is 72.2 Å². The van der Waals surface area contributed by atoms with Gasteiger partial charge in [-0.05, 0) is 60.0 Å². The van der Waals surface area contributed by atoms with Crippen molar-refractivity contribution in [1.29, 1.82) is 0 Å². The third kappa shape index (κ3) is 9.46. The lowest BCUT2D eigenvalue weighted by atomic mass is 10.1. The maximum absolute atomic E-state index is 14.3. The van der Waals surface area contributed by atoms with Crippen LogP contribution in [0.5, 0.6) is 5.75 Å². The molecule has 0 spiro atoms. The molecule has 5 rings (SSSR count). The first-order valence-corrected chi connectivity index (χ1v) is 23.2. The zero-order valence-electron chi connectivity index (χ0n) is 32.8. The summed E-state index contributed by atoms with van der Waals surface area (Å²) in [5, 5.41) is 11.2. The molecule has 0 bridgehead atoms. The molecule has 2 aromatic heterocycles. The number of nitrogens with zero attached hydrogens (tertiary/aromatic N) is 4. The lowest BCUT2D eigenvalue weighted by Crippen LogP contribution is -2.63. The van der Waals surface area contributed by atoms with E-state index in [0.29, 0.717) is 12.1 Å². The summed E-state index contributed by atoms with van der Waals surface area (Å²) in [4.78, 5) is 58.7. The molecular weight excluding hydrogens is 749 g/mol. The zero-order valence-corrected chi connectivity index (χ0v) is 34.8. The van der Waals surface area contributed by atoms with E-state index in [1.807, 2.05) is 0 Å². The third-order valence-electron chi connectivity index (χ3n) is 9.27. The number of aromatic amines is 1. The van der Waals surface area contributed by atoms with E-state index in [1.54, 1.807) is 0 Å². The number of nitrogen functional groups attached to an aromatic ring is 1. The second kappa shape index (κ2) is 16.9. The van der Waals surface area contributed by atoms with Gasteiger partial charge in [0.15, 0.2) is 23.5 Å². The smallest absolute Gasteiger partial charge is 0.423 e. The van der Waals surface area contributed by atoms with Crippen molar-refractivity contribution in [3.05, 3.63) is 67.9 Å². The molecule has 0 amide bonds. The van der Waals surface area contributed by atoms with Crippen molar-refractivity contribution in [3.8, 4) is 5.75 Å². The van der Waals surface area contributed by atoms with Gasteiger partial charge in [0.1, 0.15) is 18.0 Å². The van der Waals surface area contributed by atoms with E-state index in [0.717, 1.165) is 16.7 Å². The Labute approximate surface area is 321 Å². The maximum Gasteiger partial charge on any atom is 0.514 e. The summed E-state index contributed by atoms with van der Waals surface area (Å²) in [7, 11) is -6.29. The standard InChI is InChI=1S/C36H54N6O11Si2/c1-10-15-40-28-31(38-34(37)39-32(28)43)41(35(40)44)33-30(51-36(45)49-26-13-11-25(12-14-26)42(46)47)29-27(50-33)16-48-54(17-21(2)3,18-22(4)5)53-55(52-29,19-23(6)7)20-24(8)9/h10-14,21-24,27,29-30,33H,1,15-20H2,2-9H3,(H3,37,38,39,43)/t27-,29-,30-,33-/m1/s1. The van der Waals surface area contributed by atoms with Gasteiger partial charge < -0.3 is 32.9 Å². The molecule has 1 aromatic carbocycles. The molecular formula is C36H54N6O11Si2. The Morgan fingerprint density at radius 1 is 1.04 bits per heavy atom. The molecule has 2 fully saturated rings. The van der Waals surface area contributed by atoms with Crippen molar-refractivity contribution in [2.45, 2.75) is 111 Å². The Kier molecular flexibility index (Phi) is 12.9. The number of imidazole rings is 1. The number of ether oxygens (including phenoxy) is 3. The summed E-state index contributed by atoms with van der Waals surface area (Å²) < 4.78 is 42.5. The molecule has 17 nitrogen and oxygen atoms in total. The number of nitrogens with one attached hydrogen (secondary N) is 1. The lowest BCUT2D eigenvalue weighted by molar-refractivity contribution is -0.384. The molecule has 0 radical (unpaired) electrons. The highest BCUT2D eigenvalue weighted by molar-refractivity contribution is 6.81. The molecule has 55 heavy (non-hydrogen) atoms. The quantitative estimate of drug-likeness (QED) is 0.0480. The monoisotopic (exact) mass is 802 g/mol. The van der Waals surface area contributed by atoms with E-state index in [2.05, 4.69) is 71.9 Å². The minimum absolute atomic E-state index is 0.00806. The van der Waals surface area contributed by atoms with E-state index in [1.165, 1.54) is 34.9 Å². The molecule has 2 saturated heterocycles. The number of hydrogen-bond acceptors (Lipinski definition) is 13. The third-order valence-corrected chi connectivity index (χ3v) is 19.4. The van der Waals surface area contributed by atoms with E-state index < -0.39 is 64.0 Å². The van der Waals surface area contributed by atoms with Crippen molar-refractivity contribution in [2.24, 2.45) is 23.7 Å². The average molecular weight is 803 g/mol. The Morgan fingerprint density at radius 3 is 2.16 bits per heavy atom. The van der Waals surface area contributed by atoms with Crippen LogP contribution in [0.1, 0.15) is 61.6 Å². The fourth-order valence-corrected chi connectivity index (χ4v) is 19.3. The van der Waals surface area contributed by atoms with Crippen LogP contribution in [-0.2, 0) is 29.0 Å². The Balaban J connectivity index is 1.69. The molecule has 3 aromatic rings. The van der Waals surface area contributed by atoms with Gasteiger partial charge in [-0.2, -0.15) is 4.98 Å². The van der Waals surface area contributed by atoms with Crippen molar-refractivity contribution in [2.75, 3.05) is 12.3 Å². The minimum Gasteiger partial charge on any atom is -0.423 e. The van der Waals surface area contributed by atoms with E-state index in [4.69, 9.17) is 32.9 Å². The number of rotatable bonds is 14. The molecule has 4 atom stereocenters. The second-order valence-electron chi connectivity index (χ2n) is 16.1. The minimum atomic E-state index is -3.29. The number of H-pyrrole nitrogens is 1. The van der Waals surface area contributed by atoms with E-state index in [-0.39, 0.29) is 65.4 Å². The van der Waals surface area contributed by atoms with Gasteiger partial charge in [0.2, 0.25) is 5.95 Å². The number of hydrogen-bond donors (Lipinski definition) is 2. The molecule has 2 aliphatic heterocycles. The maximum atomic E-state index is 14.3. The predicted octanol–water partition coefficient (Wildman–Crippen LogP) is 5.98. The summed E-state index contributed by atoms with van der Waals surface area (Å²) in [6.07, 6.45) is -4.37. The Bertz CT molecular complexity index is 1960. The predicted molar refractivity (Wildman–Crippen MR) is 209 cm³/mol. The van der Waals surface area contributed by atoms with Crippen LogP contribution in [0.15, 0.2) is 46.5 Å². The fourth-order valence-electron chi connectivity index (χ4n) is 7.82. The first-order valence-electron chi connectivity index (χ1n) is 18.8. The number of aromatic nitrogens is 4. The van der Waals surface area contributed by atoms with Crippen LogP contribution < -0.4 is 21.7 Å². The molecule has 0 unspecified atom stereocenters. The van der Waals surface area contributed by atoms with Gasteiger partial charge in [-0.3, -0.25) is 24.5 Å². The molecule has 3 N–H and O–H groups in total. The van der Waals surface area contributed by atoms with Crippen LogP contribution in [0, 0.1) is 33.8 Å². The van der Waals surface area contributed by atoms with Crippen LogP contribution >= 0.6 is 0 Å². The highest BCUT2D eigenvalue weighted by atomic mass is 28.5. The second-order valence-corrected chi connectivity index (χ2v) is 22.8. The van der Waals surface area contributed by atoms with Gasteiger partial charge >= 0.3 is 29.0 Å². The van der Waals surface area contributed by atoms with Gasteiger partial charge in [0.05, 0.1) is 11.5 Å². The SMILES string of the molecule is C=CCn1c(=O)n([C@@H]2O[C@@H]3CO[Si](CC(C)C)(CC(C)C)O[Si](CC(C)C)(CC(C)C)O[C@H]3[C@H]2OC(=O)Oc2ccc([N+](=O)[O-])cc2)c2nc(N)[nH]c(=O)c21. The first kappa shape index (κ1) is 42.0. The zero-order chi connectivity index (χ0) is 40.4. The van der Waals surface area contributed by atoms with Crippen molar-refractivity contribution >= 4 is 46.1 Å². The average Bonchev–Trinajstić information content (AvgIpc) is 3.50. The molecule has 302 valence electrons. The Hall–Kier alpha value is -4.15. The molecule has 4 heterocycles. The van der Waals surface area contributed by atoms with Crippen molar-refractivity contribution < 1.29 is 36.9 Å². The van der Waals surface area contributed by atoms with Crippen molar-refractivity contribution in [1.82, 2.24) is 19.1 Å². The number of non-ortho nitro benzene ring substituents is 1. The van der Waals surface area contributed by atoms with Crippen LogP contribution in [0.3, 0.4) is 0 Å². The highest BCUT2D eigenvalue weighted by Gasteiger charge is 2.60. The lowest BCUT2D eigenvalue weighted by Gasteiger charge is -2.47. The van der Waals surface area contributed by atoms with Gasteiger partial charge in [0.25, 0.3) is 11.2 Å². The molecule has 19 heteroatoms. The molecule has 0 aliphatic carbocycles. The molecule has 2 aliphatic rings. The first-order chi connectivity index (χ1) is 25.9. The number of benzene rings is 1. The van der Waals surface area contributed by atoms with Gasteiger partial charge in [-0.25, -0.2) is 14.2 Å². The number of carbonyl (C=O) groups is 1. The fraction of sp³-hybridized carbons (Fsp3) is 0.611. The number of nitro benzene ring substituents is 1. The largest absolute Gasteiger partial charge is 0.514 e. The van der Waals surface area contributed by atoms with Crippen LogP contribution in [0.25, 0.3) is 11.2 Å². The summed E-state index contributed by atoms with van der Waals surface area (Å²) in [5.74, 6) is 0.587. The van der Waals surface area contributed by atoms with Crippen LogP contribution in [0.4, 0.5) is 16.4 Å². The van der Waals surface area contributed by atoms with Gasteiger partial charge in [-0.1, -0.05) is 61.5 Å². The van der Waals surface area contributed by atoms with E-state index in [9.17, 15) is 24.5 Å². The Morgan fingerprint density at radius 2 is 1.62 bits per heavy atom. The topological polar surface area (TPSA) is 214 Å². The number of nitrogens with two attached hydrogens (primary N) is 1. The number of fused-ring (bicyclic) bond motifs is 2. The van der Waals surface area contributed by atoms with E-state index >= 15 is 0 Å². The van der Waals surface area contributed by atoms with Crippen LogP contribution in [0.2, 0.25) is 24.2 Å². The summed E-state index contributed by atoms with van der Waals surface area (Å²) in [6, 6.07) is 7.58. The number of nitro groups is 1. The number of allylic oxidation sites excluding steroid dienone is 1. The summed E-state index contributed by atoms with van der Waals surface area (Å²) in [5.41, 5.74) is 4.27. The molecule has 0 saturated carbocycles. The normalized spacial score (nSPS) is 22.2. The summed E-state index contributed by atoms with van der Waals surface area (Å²) in [6.45, 7) is 20.7. The number of anilines is 1. The van der Waals surface area contributed by atoms with Gasteiger partial charge in [0, 0.05) is 18.7 Å². The summed E-state index contributed by atoms with van der Waals surface area (Å²) >= 11 is 0. The van der Waals surface area contributed by atoms with Gasteiger partial charge in [-0.15, -0.1) is 6.58 Å². The van der Waals surface area contributed by atoms with Crippen molar-refractivity contribution in [3.63, 3.8) is 0 Å².